The van der Waals surface area contributed by atoms with Crippen molar-refractivity contribution in [2.24, 2.45) is 0 Å². The molecule has 2 aromatic carbocycles. The number of methoxy groups -OCH3 is 2. The molecule has 0 atom stereocenters. The van der Waals surface area contributed by atoms with Crippen molar-refractivity contribution in [2.45, 2.75) is 13.3 Å². The first-order valence-corrected chi connectivity index (χ1v) is 9.00. The molecule has 4 rings (SSSR count). The van der Waals surface area contributed by atoms with Crippen LogP contribution in [0.4, 0.5) is 0 Å². The fourth-order valence-corrected chi connectivity index (χ4v) is 3.79. The average Bonchev–Trinajstić information content (AvgIpc) is 3.24. The summed E-state index contributed by atoms with van der Waals surface area (Å²) in [6.45, 7) is 2.10. The molecule has 0 aliphatic heterocycles. The second-order valence-corrected chi connectivity index (χ2v) is 6.82. The van der Waals surface area contributed by atoms with Crippen molar-refractivity contribution in [1.82, 2.24) is 19.8 Å². The Morgan fingerprint density at radius 3 is 2.62 bits per heavy atom. The number of benzene rings is 2. The lowest BCUT2D eigenvalue weighted by molar-refractivity contribution is 0.356. The van der Waals surface area contributed by atoms with Gasteiger partial charge in [0.1, 0.15) is 0 Å². The molecule has 0 fully saturated rings. The van der Waals surface area contributed by atoms with Gasteiger partial charge < -0.3 is 9.47 Å². The van der Waals surface area contributed by atoms with Crippen molar-refractivity contribution in [2.75, 3.05) is 14.2 Å². The Morgan fingerprint density at radius 1 is 1.00 bits per heavy atom. The zero-order valence-corrected chi connectivity index (χ0v) is 15.6. The molecule has 6 nitrogen and oxygen atoms in total. The summed E-state index contributed by atoms with van der Waals surface area (Å²) in [6, 6.07) is 14.0. The van der Waals surface area contributed by atoms with Crippen molar-refractivity contribution in [3.63, 3.8) is 0 Å². The Kier molecular flexibility index (Phi) is 4.30. The number of hydrogen-bond acceptors (Lipinski definition) is 6. The molecule has 0 saturated carbocycles. The third-order valence-electron chi connectivity index (χ3n) is 4.30. The zero-order chi connectivity index (χ0) is 18.1. The highest BCUT2D eigenvalue weighted by Crippen LogP contribution is 2.39. The molecule has 26 heavy (non-hydrogen) atoms. The normalized spacial score (nSPS) is 11.0. The van der Waals surface area contributed by atoms with Gasteiger partial charge in [-0.15, -0.1) is 10.2 Å². The van der Waals surface area contributed by atoms with Crippen LogP contribution in [0, 0.1) is 6.92 Å². The maximum Gasteiger partial charge on any atom is 0.234 e. The minimum Gasteiger partial charge on any atom is -0.493 e. The van der Waals surface area contributed by atoms with E-state index in [9.17, 15) is 0 Å². The van der Waals surface area contributed by atoms with Gasteiger partial charge in [-0.1, -0.05) is 41.7 Å². The van der Waals surface area contributed by atoms with E-state index in [0.717, 1.165) is 21.4 Å². The minimum absolute atomic E-state index is 0.667. The average molecular weight is 366 g/mol. The summed E-state index contributed by atoms with van der Waals surface area (Å²) in [7, 11) is 3.26. The number of ether oxygens (including phenoxy) is 2. The molecule has 0 aliphatic rings. The molecule has 0 N–H and O–H groups in total. The predicted molar refractivity (Wildman–Crippen MR) is 101 cm³/mol. The Morgan fingerprint density at radius 2 is 1.85 bits per heavy atom. The van der Waals surface area contributed by atoms with E-state index < -0.39 is 0 Å². The van der Waals surface area contributed by atoms with E-state index in [1.165, 1.54) is 22.5 Å². The maximum atomic E-state index is 5.53. The summed E-state index contributed by atoms with van der Waals surface area (Å²) in [6.07, 6.45) is 0.687. The SMILES string of the molecule is COc1cccc(-c2nn3c(Cc4ccccc4C)nnc3s2)c1OC. The molecule has 0 aliphatic carbocycles. The van der Waals surface area contributed by atoms with Crippen LogP contribution in [0.3, 0.4) is 0 Å². The number of aromatic nitrogens is 4. The van der Waals surface area contributed by atoms with Crippen molar-refractivity contribution < 1.29 is 9.47 Å². The summed E-state index contributed by atoms with van der Waals surface area (Å²) in [4.78, 5) is 0.758. The first-order chi connectivity index (χ1) is 12.7. The Hall–Kier alpha value is -2.93. The highest BCUT2D eigenvalue weighted by atomic mass is 32.1. The molecular weight excluding hydrogens is 348 g/mol. The number of fused-ring (bicyclic) bond motifs is 1. The molecular formula is C19H18N4O2S. The number of nitrogens with zero attached hydrogens (tertiary/aromatic N) is 4. The Balaban J connectivity index is 1.76. The van der Waals surface area contributed by atoms with Gasteiger partial charge in [-0.2, -0.15) is 9.61 Å². The third kappa shape index (κ3) is 2.80. The molecule has 0 spiro atoms. The standard InChI is InChI=1S/C19H18N4O2S/c1-12-7-4-5-8-13(12)11-16-20-21-19-23(16)22-18(26-19)14-9-6-10-15(24-2)17(14)25-3/h4-10H,11H2,1-3H3. The van der Waals surface area contributed by atoms with E-state index >= 15 is 0 Å². The number of aryl methyl sites for hydroxylation is 1. The van der Waals surface area contributed by atoms with Gasteiger partial charge in [-0.25, -0.2) is 0 Å². The topological polar surface area (TPSA) is 61.5 Å². The summed E-state index contributed by atoms with van der Waals surface area (Å²) in [5.41, 5.74) is 3.33. The van der Waals surface area contributed by atoms with Gasteiger partial charge in [-0.05, 0) is 30.2 Å². The van der Waals surface area contributed by atoms with Gasteiger partial charge in [0, 0.05) is 6.42 Å². The van der Waals surface area contributed by atoms with Gasteiger partial charge >= 0.3 is 0 Å². The van der Waals surface area contributed by atoms with E-state index in [4.69, 9.17) is 14.6 Å². The smallest absolute Gasteiger partial charge is 0.234 e. The Bertz CT molecular complexity index is 1070. The van der Waals surface area contributed by atoms with Crippen LogP contribution in [0.25, 0.3) is 15.5 Å². The van der Waals surface area contributed by atoms with Crippen LogP contribution in [-0.2, 0) is 6.42 Å². The molecule has 0 radical (unpaired) electrons. The van der Waals surface area contributed by atoms with E-state index in [0.29, 0.717) is 17.9 Å². The van der Waals surface area contributed by atoms with Crippen molar-refractivity contribution in [1.29, 1.82) is 0 Å². The van der Waals surface area contributed by atoms with Crippen LogP contribution in [0.2, 0.25) is 0 Å². The van der Waals surface area contributed by atoms with Gasteiger partial charge in [0.2, 0.25) is 4.96 Å². The minimum atomic E-state index is 0.667. The summed E-state index contributed by atoms with van der Waals surface area (Å²) in [5.74, 6) is 2.16. The number of hydrogen-bond donors (Lipinski definition) is 0. The molecule has 2 heterocycles. The maximum absolute atomic E-state index is 5.53. The first kappa shape index (κ1) is 16.5. The fraction of sp³-hybridized carbons (Fsp3) is 0.211. The lowest BCUT2D eigenvalue weighted by Crippen LogP contribution is -1.99. The fourth-order valence-electron chi connectivity index (χ4n) is 2.91. The van der Waals surface area contributed by atoms with Crippen LogP contribution >= 0.6 is 11.3 Å². The van der Waals surface area contributed by atoms with E-state index in [2.05, 4.69) is 29.3 Å². The summed E-state index contributed by atoms with van der Waals surface area (Å²) in [5, 5.41) is 14.1. The quantitative estimate of drug-likeness (QED) is 0.538. The molecule has 0 saturated heterocycles. The van der Waals surface area contributed by atoms with Crippen LogP contribution < -0.4 is 9.47 Å². The molecule has 132 valence electrons. The monoisotopic (exact) mass is 366 g/mol. The van der Waals surface area contributed by atoms with Crippen molar-refractivity contribution in [3.05, 3.63) is 59.4 Å². The van der Waals surface area contributed by atoms with Crippen LogP contribution in [0.1, 0.15) is 17.0 Å². The molecule has 0 amide bonds. The highest BCUT2D eigenvalue weighted by Gasteiger charge is 2.18. The largest absolute Gasteiger partial charge is 0.493 e. The Labute approximate surface area is 155 Å². The highest BCUT2D eigenvalue weighted by molar-refractivity contribution is 7.19. The lowest BCUT2D eigenvalue weighted by atomic mass is 10.1. The number of rotatable bonds is 5. The predicted octanol–water partition coefficient (Wildman–Crippen LogP) is 3.77. The first-order valence-electron chi connectivity index (χ1n) is 8.18. The second kappa shape index (κ2) is 6.76. The number of para-hydroxylation sites is 1. The summed E-state index contributed by atoms with van der Waals surface area (Å²) < 4.78 is 12.7. The summed E-state index contributed by atoms with van der Waals surface area (Å²) >= 11 is 1.48. The lowest BCUT2D eigenvalue weighted by Gasteiger charge is -2.10. The van der Waals surface area contributed by atoms with E-state index in [1.807, 2.05) is 34.8 Å². The van der Waals surface area contributed by atoms with Gasteiger partial charge in [-0.3, -0.25) is 0 Å². The van der Waals surface area contributed by atoms with E-state index in [1.54, 1.807) is 14.2 Å². The zero-order valence-electron chi connectivity index (χ0n) is 14.8. The molecule has 7 heteroatoms. The van der Waals surface area contributed by atoms with Crippen LogP contribution in [0.5, 0.6) is 11.5 Å². The van der Waals surface area contributed by atoms with Gasteiger partial charge in [0.15, 0.2) is 22.3 Å². The van der Waals surface area contributed by atoms with Crippen LogP contribution in [-0.4, -0.2) is 34.0 Å². The second-order valence-electron chi connectivity index (χ2n) is 5.86. The molecule has 2 aromatic heterocycles. The van der Waals surface area contributed by atoms with Gasteiger partial charge in [0.25, 0.3) is 0 Å². The van der Waals surface area contributed by atoms with Crippen molar-refractivity contribution in [3.8, 4) is 22.1 Å². The third-order valence-corrected chi connectivity index (χ3v) is 5.23. The molecule has 4 aromatic rings. The van der Waals surface area contributed by atoms with Crippen LogP contribution in [0.15, 0.2) is 42.5 Å². The van der Waals surface area contributed by atoms with Crippen molar-refractivity contribution >= 4 is 16.3 Å². The van der Waals surface area contributed by atoms with E-state index in [-0.39, 0.29) is 0 Å². The van der Waals surface area contributed by atoms with Gasteiger partial charge in [0.05, 0.1) is 19.8 Å². The molecule has 0 bridgehead atoms. The molecule has 0 unspecified atom stereocenters.